The molecule has 0 saturated carbocycles. The maximum absolute atomic E-state index is 13.5. The highest BCUT2D eigenvalue weighted by atomic mass is 35.5. The molecule has 2 amide bonds. The summed E-state index contributed by atoms with van der Waals surface area (Å²) in [6.45, 7) is 1.70. The summed E-state index contributed by atoms with van der Waals surface area (Å²) in [6.07, 6.45) is 0. The van der Waals surface area contributed by atoms with Crippen LogP contribution in [-0.4, -0.2) is 18.9 Å². The minimum absolute atomic E-state index is 0.202. The van der Waals surface area contributed by atoms with Crippen molar-refractivity contribution in [2.24, 2.45) is 0 Å². The van der Waals surface area contributed by atoms with Crippen molar-refractivity contribution < 1.29 is 23.1 Å². The summed E-state index contributed by atoms with van der Waals surface area (Å²) in [4.78, 5) is 23.8. The number of aryl methyl sites for hydroxylation is 1. The molecule has 2 rings (SSSR count). The quantitative estimate of drug-likeness (QED) is 0.829. The van der Waals surface area contributed by atoms with Gasteiger partial charge in [-0.3, -0.25) is 9.59 Å². The first kappa shape index (κ1) is 17.7. The molecule has 0 spiro atoms. The molecule has 0 aliphatic heterocycles. The Hall–Kier alpha value is -2.67. The molecule has 0 atom stereocenters. The van der Waals surface area contributed by atoms with Gasteiger partial charge in [-0.15, -0.1) is 0 Å². The van der Waals surface area contributed by atoms with E-state index in [-0.39, 0.29) is 11.4 Å². The summed E-state index contributed by atoms with van der Waals surface area (Å²) < 4.78 is 32.1. The first-order valence-corrected chi connectivity index (χ1v) is 7.11. The molecule has 0 aliphatic rings. The number of carbonyl (C=O) groups is 2. The van der Waals surface area contributed by atoms with Gasteiger partial charge in [0.15, 0.2) is 0 Å². The van der Waals surface area contributed by atoms with E-state index in [9.17, 15) is 18.4 Å². The number of methoxy groups -OCH3 is 1. The van der Waals surface area contributed by atoms with Gasteiger partial charge >= 0.3 is 11.8 Å². The monoisotopic (exact) mass is 354 g/mol. The summed E-state index contributed by atoms with van der Waals surface area (Å²) in [7, 11) is 1.37. The van der Waals surface area contributed by atoms with E-state index in [2.05, 4.69) is 5.32 Å². The third kappa shape index (κ3) is 3.80. The van der Waals surface area contributed by atoms with Crippen LogP contribution in [0, 0.1) is 18.6 Å². The lowest BCUT2D eigenvalue weighted by molar-refractivity contribution is -0.133. The van der Waals surface area contributed by atoms with Crippen LogP contribution in [0.4, 0.5) is 20.2 Å². The number of nitrogens with one attached hydrogen (secondary N) is 2. The molecule has 24 heavy (non-hydrogen) atoms. The molecule has 0 saturated heterocycles. The Morgan fingerprint density at radius 2 is 1.67 bits per heavy atom. The number of hydrogen-bond acceptors (Lipinski definition) is 3. The lowest BCUT2D eigenvalue weighted by Gasteiger charge is -2.12. The van der Waals surface area contributed by atoms with Crippen molar-refractivity contribution in [3.63, 3.8) is 0 Å². The van der Waals surface area contributed by atoms with Crippen LogP contribution in [0.5, 0.6) is 5.75 Å². The van der Waals surface area contributed by atoms with E-state index < -0.39 is 29.1 Å². The number of amides is 2. The zero-order valence-corrected chi connectivity index (χ0v) is 13.5. The van der Waals surface area contributed by atoms with Crippen molar-refractivity contribution in [1.29, 1.82) is 0 Å². The van der Waals surface area contributed by atoms with Gasteiger partial charge in [0, 0.05) is 11.1 Å². The second kappa shape index (κ2) is 7.27. The molecule has 2 N–H and O–H groups in total. The summed E-state index contributed by atoms with van der Waals surface area (Å²) >= 11 is 5.95. The van der Waals surface area contributed by atoms with E-state index in [4.69, 9.17) is 16.3 Å². The van der Waals surface area contributed by atoms with E-state index in [1.54, 1.807) is 6.92 Å². The molecule has 2 aromatic rings. The first-order chi connectivity index (χ1) is 11.3. The molecule has 0 aromatic heterocycles. The van der Waals surface area contributed by atoms with Gasteiger partial charge in [-0.2, -0.15) is 0 Å². The van der Waals surface area contributed by atoms with Gasteiger partial charge in [0.2, 0.25) is 0 Å². The molecule has 8 heteroatoms. The van der Waals surface area contributed by atoms with Crippen LogP contribution in [0.1, 0.15) is 5.56 Å². The normalized spacial score (nSPS) is 10.2. The number of hydrogen-bond donors (Lipinski definition) is 2. The van der Waals surface area contributed by atoms with Gasteiger partial charge in [0.1, 0.15) is 23.1 Å². The fourth-order valence-electron chi connectivity index (χ4n) is 1.90. The first-order valence-electron chi connectivity index (χ1n) is 6.74. The number of ether oxygens (including phenoxy) is 1. The Balaban J connectivity index is 2.18. The standard InChI is InChI=1S/C16H13ClF2N2O3/c1-8-6-12(13(24-2)7-9(8)17)20-15(22)16(23)21-14-10(18)4-3-5-11(14)19/h3-7H,1-2H3,(H,20,22)(H,21,23). The van der Waals surface area contributed by atoms with Crippen molar-refractivity contribution in [2.75, 3.05) is 17.7 Å². The third-order valence-corrected chi connectivity index (χ3v) is 3.54. The molecule has 0 heterocycles. The summed E-state index contributed by atoms with van der Waals surface area (Å²) in [5.74, 6) is -4.08. The second-order valence-electron chi connectivity index (χ2n) is 4.81. The SMILES string of the molecule is COc1cc(Cl)c(C)cc1NC(=O)C(=O)Nc1c(F)cccc1F. The number of rotatable bonds is 3. The topological polar surface area (TPSA) is 67.4 Å². The number of para-hydroxylation sites is 1. The fraction of sp³-hybridized carbons (Fsp3) is 0.125. The van der Waals surface area contributed by atoms with Crippen molar-refractivity contribution in [3.8, 4) is 5.75 Å². The molecule has 0 radical (unpaired) electrons. The number of anilines is 2. The maximum atomic E-state index is 13.5. The van der Waals surface area contributed by atoms with Crippen molar-refractivity contribution in [3.05, 3.63) is 52.6 Å². The zero-order valence-electron chi connectivity index (χ0n) is 12.7. The Bertz CT molecular complexity index is 792. The van der Waals surface area contributed by atoms with E-state index >= 15 is 0 Å². The predicted molar refractivity (Wildman–Crippen MR) is 86.4 cm³/mol. The van der Waals surface area contributed by atoms with Gasteiger partial charge in [-0.1, -0.05) is 17.7 Å². The average molecular weight is 355 g/mol. The molecule has 5 nitrogen and oxygen atoms in total. The molecule has 2 aromatic carbocycles. The smallest absolute Gasteiger partial charge is 0.314 e. The molecule has 0 bridgehead atoms. The van der Waals surface area contributed by atoms with E-state index in [1.807, 2.05) is 5.32 Å². The molecule has 0 aliphatic carbocycles. The van der Waals surface area contributed by atoms with Gasteiger partial charge in [0.25, 0.3) is 0 Å². The average Bonchev–Trinajstić information content (AvgIpc) is 2.54. The lowest BCUT2D eigenvalue weighted by Crippen LogP contribution is -2.30. The van der Waals surface area contributed by atoms with E-state index in [1.165, 1.54) is 19.2 Å². The zero-order chi connectivity index (χ0) is 17.9. The Morgan fingerprint density at radius 3 is 2.25 bits per heavy atom. The summed E-state index contributed by atoms with van der Waals surface area (Å²) in [6, 6.07) is 6.04. The largest absolute Gasteiger partial charge is 0.495 e. The van der Waals surface area contributed by atoms with Crippen LogP contribution in [0.3, 0.4) is 0 Å². The van der Waals surface area contributed by atoms with Crippen LogP contribution in [0.2, 0.25) is 5.02 Å². The van der Waals surface area contributed by atoms with Crippen molar-refractivity contribution in [2.45, 2.75) is 6.92 Å². The highest BCUT2D eigenvalue weighted by Gasteiger charge is 2.20. The van der Waals surface area contributed by atoms with Crippen LogP contribution < -0.4 is 15.4 Å². The summed E-state index contributed by atoms with van der Waals surface area (Å²) in [5, 5.41) is 4.62. The fourth-order valence-corrected chi connectivity index (χ4v) is 2.05. The van der Waals surface area contributed by atoms with Gasteiger partial charge in [-0.05, 0) is 30.7 Å². The van der Waals surface area contributed by atoms with Crippen LogP contribution in [0.15, 0.2) is 30.3 Å². The maximum Gasteiger partial charge on any atom is 0.314 e. The highest BCUT2D eigenvalue weighted by Crippen LogP contribution is 2.31. The molecule has 0 unspecified atom stereocenters. The van der Waals surface area contributed by atoms with Gasteiger partial charge < -0.3 is 15.4 Å². The number of benzene rings is 2. The van der Waals surface area contributed by atoms with Gasteiger partial charge in [0.05, 0.1) is 12.8 Å². The van der Waals surface area contributed by atoms with Crippen LogP contribution in [0.25, 0.3) is 0 Å². The number of halogens is 3. The molecular weight excluding hydrogens is 342 g/mol. The van der Waals surface area contributed by atoms with E-state index in [0.29, 0.717) is 10.6 Å². The van der Waals surface area contributed by atoms with Crippen LogP contribution >= 0.6 is 11.6 Å². The Labute approximate surface area is 141 Å². The minimum atomic E-state index is -1.23. The van der Waals surface area contributed by atoms with Gasteiger partial charge in [-0.25, -0.2) is 8.78 Å². The molecule has 126 valence electrons. The van der Waals surface area contributed by atoms with Crippen molar-refractivity contribution in [1.82, 2.24) is 0 Å². The third-order valence-electron chi connectivity index (χ3n) is 3.14. The second-order valence-corrected chi connectivity index (χ2v) is 5.21. The highest BCUT2D eigenvalue weighted by molar-refractivity contribution is 6.44. The summed E-state index contributed by atoms with van der Waals surface area (Å²) in [5.41, 5.74) is 0.152. The predicted octanol–water partition coefficient (Wildman–Crippen LogP) is 3.51. The molecular formula is C16H13ClF2N2O3. The Kier molecular flexibility index (Phi) is 5.35. The molecule has 0 fully saturated rings. The van der Waals surface area contributed by atoms with Crippen molar-refractivity contribution >= 4 is 34.8 Å². The van der Waals surface area contributed by atoms with Crippen LogP contribution in [-0.2, 0) is 9.59 Å². The minimum Gasteiger partial charge on any atom is -0.495 e. The number of carbonyl (C=O) groups excluding carboxylic acids is 2. The Morgan fingerprint density at radius 1 is 1.08 bits per heavy atom. The lowest BCUT2D eigenvalue weighted by atomic mass is 10.2. The van der Waals surface area contributed by atoms with E-state index in [0.717, 1.165) is 18.2 Å².